The summed E-state index contributed by atoms with van der Waals surface area (Å²) < 4.78 is 18.7. The first kappa shape index (κ1) is 22.6. The van der Waals surface area contributed by atoms with Crippen LogP contribution in [0, 0.1) is 11.7 Å². The van der Waals surface area contributed by atoms with Crippen LogP contribution in [0.5, 0.6) is 5.75 Å². The van der Waals surface area contributed by atoms with Crippen molar-refractivity contribution in [2.24, 2.45) is 10.9 Å². The second-order valence-corrected chi connectivity index (χ2v) is 7.60. The lowest BCUT2D eigenvalue weighted by Crippen LogP contribution is -2.39. The van der Waals surface area contributed by atoms with Crippen molar-refractivity contribution in [3.63, 3.8) is 0 Å². The molecule has 31 heavy (non-hydrogen) atoms. The third-order valence-electron chi connectivity index (χ3n) is 5.12. The Morgan fingerprint density at radius 2 is 2.03 bits per heavy atom. The van der Waals surface area contributed by atoms with Gasteiger partial charge in [-0.15, -0.1) is 0 Å². The third kappa shape index (κ3) is 7.59. The van der Waals surface area contributed by atoms with Crippen LogP contribution in [0.3, 0.4) is 0 Å². The summed E-state index contributed by atoms with van der Waals surface area (Å²) in [5, 5.41) is 6.43. The number of benzene rings is 2. The van der Waals surface area contributed by atoms with Gasteiger partial charge in [-0.1, -0.05) is 36.4 Å². The summed E-state index contributed by atoms with van der Waals surface area (Å²) >= 11 is 0. The maximum Gasteiger partial charge on any atom is 0.223 e. The molecule has 1 unspecified atom stereocenters. The monoisotopic (exact) mass is 426 g/mol. The van der Waals surface area contributed by atoms with Gasteiger partial charge in [0.15, 0.2) is 5.96 Å². The predicted molar refractivity (Wildman–Crippen MR) is 121 cm³/mol. The molecule has 6 nitrogen and oxygen atoms in total. The summed E-state index contributed by atoms with van der Waals surface area (Å²) in [6.07, 6.45) is 1.42. The van der Waals surface area contributed by atoms with E-state index in [1.807, 2.05) is 30.0 Å². The molecule has 166 valence electrons. The average molecular weight is 427 g/mol. The highest BCUT2D eigenvalue weighted by atomic mass is 19.1. The molecule has 0 saturated carbocycles. The Labute approximate surface area is 183 Å². The molecule has 3 rings (SSSR count). The van der Waals surface area contributed by atoms with E-state index in [2.05, 4.69) is 27.8 Å². The van der Waals surface area contributed by atoms with Crippen LogP contribution in [0.1, 0.15) is 18.9 Å². The maximum absolute atomic E-state index is 13.2. The fraction of sp³-hybridized carbons (Fsp3) is 0.417. The van der Waals surface area contributed by atoms with E-state index in [1.165, 1.54) is 17.7 Å². The van der Waals surface area contributed by atoms with Gasteiger partial charge in [0.05, 0.1) is 6.54 Å². The fourth-order valence-corrected chi connectivity index (χ4v) is 3.56. The van der Waals surface area contributed by atoms with Crippen molar-refractivity contribution in [2.45, 2.75) is 19.8 Å². The minimum Gasteiger partial charge on any atom is -0.492 e. The number of halogens is 1. The van der Waals surface area contributed by atoms with Crippen molar-refractivity contribution in [1.82, 2.24) is 15.5 Å². The van der Waals surface area contributed by atoms with Crippen molar-refractivity contribution >= 4 is 11.9 Å². The zero-order valence-electron chi connectivity index (χ0n) is 18.0. The minimum atomic E-state index is -0.315. The lowest BCUT2D eigenvalue weighted by Gasteiger charge is -2.16. The van der Waals surface area contributed by atoms with Gasteiger partial charge in [-0.2, -0.15) is 0 Å². The number of nitrogens with one attached hydrogen (secondary N) is 2. The summed E-state index contributed by atoms with van der Waals surface area (Å²) in [5.74, 6) is 1.31. The van der Waals surface area contributed by atoms with Crippen LogP contribution >= 0.6 is 0 Å². The molecular formula is C24H31FN4O2. The molecule has 2 N–H and O–H groups in total. The quantitative estimate of drug-likeness (QED) is 0.348. The highest BCUT2D eigenvalue weighted by Gasteiger charge is 2.28. The molecule has 1 heterocycles. The Morgan fingerprint density at radius 1 is 1.19 bits per heavy atom. The lowest BCUT2D eigenvalue weighted by molar-refractivity contribution is -0.127. The molecule has 0 spiro atoms. The van der Waals surface area contributed by atoms with Gasteiger partial charge in [0.25, 0.3) is 0 Å². The number of amides is 1. The smallest absolute Gasteiger partial charge is 0.223 e. The normalized spacial score (nSPS) is 16.5. The molecule has 1 atom stereocenters. The number of guanidine groups is 1. The van der Waals surface area contributed by atoms with Gasteiger partial charge in [0.1, 0.15) is 18.2 Å². The first-order valence-electron chi connectivity index (χ1n) is 10.9. The van der Waals surface area contributed by atoms with Crippen LogP contribution in [0.25, 0.3) is 0 Å². The molecular weight excluding hydrogens is 395 g/mol. The second kappa shape index (κ2) is 11.9. The van der Waals surface area contributed by atoms with Gasteiger partial charge in [-0.3, -0.25) is 9.79 Å². The Hall–Kier alpha value is -3.09. The molecule has 1 amide bonds. The number of rotatable bonds is 10. The zero-order valence-corrected chi connectivity index (χ0v) is 18.0. The topological polar surface area (TPSA) is 66.0 Å². The van der Waals surface area contributed by atoms with E-state index in [0.29, 0.717) is 37.8 Å². The van der Waals surface area contributed by atoms with Crippen LogP contribution in [0.2, 0.25) is 0 Å². The van der Waals surface area contributed by atoms with Crippen molar-refractivity contribution < 1.29 is 13.9 Å². The van der Waals surface area contributed by atoms with Gasteiger partial charge >= 0.3 is 0 Å². The van der Waals surface area contributed by atoms with Crippen LogP contribution in [-0.4, -0.2) is 56.1 Å². The molecule has 1 aliphatic heterocycles. The van der Waals surface area contributed by atoms with E-state index < -0.39 is 0 Å². The third-order valence-corrected chi connectivity index (χ3v) is 5.12. The van der Waals surface area contributed by atoms with Gasteiger partial charge in [0, 0.05) is 44.6 Å². The second-order valence-electron chi connectivity index (χ2n) is 7.60. The lowest BCUT2D eigenvalue weighted by atomic mass is 10.1. The fourth-order valence-electron chi connectivity index (χ4n) is 3.56. The summed E-state index contributed by atoms with van der Waals surface area (Å²) in [7, 11) is 0. The number of ether oxygens (including phenoxy) is 1. The summed E-state index contributed by atoms with van der Waals surface area (Å²) in [6.45, 7) is 5.76. The van der Waals surface area contributed by atoms with E-state index in [0.717, 1.165) is 26.1 Å². The Balaban J connectivity index is 1.41. The van der Waals surface area contributed by atoms with Gasteiger partial charge in [0.2, 0.25) is 5.91 Å². The largest absolute Gasteiger partial charge is 0.492 e. The van der Waals surface area contributed by atoms with Gasteiger partial charge in [-0.05, 0) is 31.0 Å². The molecule has 0 aliphatic carbocycles. The summed E-state index contributed by atoms with van der Waals surface area (Å²) in [5.41, 5.74) is 1.25. The number of carbonyl (C=O) groups is 1. The molecule has 1 fully saturated rings. The van der Waals surface area contributed by atoms with Crippen molar-refractivity contribution in [3.05, 3.63) is 66.0 Å². The molecule has 0 radical (unpaired) electrons. The molecule has 1 aliphatic rings. The highest BCUT2D eigenvalue weighted by molar-refractivity contribution is 5.80. The van der Waals surface area contributed by atoms with Gasteiger partial charge in [-0.25, -0.2) is 4.39 Å². The molecule has 0 aromatic heterocycles. The van der Waals surface area contributed by atoms with Crippen LogP contribution < -0.4 is 15.4 Å². The molecule has 1 saturated heterocycles. The summed E-state index contributed by atoms with van der Waals surface area (Å²) in [4.78, 5) is 18.9. The van der Waals surface area contributed by atoms with E-state index in [9.17, 15) is 9.18 Å². The van der Waals surface area contributed by atoms with E-state index >= 15 is 0 Å². The Bertz CT molecular complexity index is 860. The first-order chi connectivity index (χ1) is 15.1. The van der Waals surface area contributed by atoms with Crippen LogP contribution in [0.4, 0.5) is 4.39 Å². The average Bonchev–Trinajstić information content (AvgIpc) is 3.13. The van der Waals surface area contributed by atoms with Crippen LogP contribution in [-0.2, 0) is 11.2 Å². The Kier molecular flexibility index (Phi) is 8.70. The standard InChI is InChI=1S/C24H31FN4O2/c1-2-26-24(27-12-14-31-22-10-6-9-21(25)16-22)28-17-20-15-23(30)29(18-20)13-11-19-7-4-3-5-8-19/h3-10,16,20H,2,11-15,17-18H2,1H3,(H2,26,27,28). The SMILES string of the molecule is CCNC(=NCC1CC(=O)N(CCc2ccccc2)C1)NCCOc1cccc(F)c1. The minimum absolute atomic E-state index is 0.206. The molecule has 0 bridgehead atoms. The van der Waals surface area contributed by atoms with E-state index in [4.69, 9.17) is 4.74 Å². The molecule has 7 heteroatoms. The predicted octanol–water partition coefficient (Wildman–Crippen LogP) is 2.85. The number of hydrogen-bond donors (Lipinski definition) is 2. The van der Waals surface area contributed by atoms with Crippen molar-refractivity contribution in [2.75, 3.05) is 39.3 Å². The zero-order chi connectivity index (χ0) is 21.9. The number of likely N-dealkylation sites (tertiary alicyclic amines) is 1. The maximum atomic E-state index is 13.2. The van der Waals surface area contributed by atoms with Crippen molar-refractivity contribution in [3.8, 4) is 5.75 Å². The van der Waals surface area contributed by atoms with E-state index in [-0.39, 0.29) is 17.6 Å². The molecule has 2 aromatic rings. The van der Waals surface area contributed by atoms with E-state index in [1.54, 1.807) is 12.1 Å². The molecule has 2 aromatic carbocycles. The number of aliphatic imine (C=N–C) groups is 1. The number of carbonyl (C=O) groups excluding carboxylic acids is 1. The van der Waals surface area contributed by atoms with Crippen LogP contribution in [0.15, 0.2) is 59.6 Å². The number of nitrogens with zero attached hydrogens (tertiary/aromatic N) is 2. The van der Waals surface area contributed by atoms with Crippen molar-refractivity contribution in [1.29, 1.82) is 0 Å². The number of hydrogen-bond acceptors (Lipinski definition) is 3. The highest BCUT2D eigenvalue weighted by Crippen LogP contribution is 2.18. The first-order valence-corrected chi connectivity index (χ1v) is 10.9. The van der Waals surface area contributed by atoms with Gasteiger partial charge < -0.3 is 20.3 Å². The summed E-state index contributed by atoms with van der Waals surface area (Å²) in [6, 6.07) is 16.3. The Morgan fingerprint density at radius 3 is 2.81 bits per heavy atom.